The molecule has 0 saturated heterocycles. The molecule has 0 aromatic carbocycles. The minimum absolute atomic E-state index is 0.869. The van der Waals surface area contributed by atoms with E-state index in [4.69, 9.17) is 0 Å². The van der Waals surface area contributed by atoms with Crippen molar-refractivity contribution in [2.45, 2.75) is 26.2 Å². The Morgan fingerprint density at radius 2 is 2.50 bits per heavy atom. The fraction of sp³-hybridized carbons (Fsp3) is 0.500. The zero-order valence-electron chi connectivity index (χ0n) is 7.22. The summed E-state index contributed by atoms with van der Waals surface area (Å²) in [5.41, 5.74) is 1.94. The Morgan fingerprint density at radius 3 is 3.08 bits per heavy atom. The van der Waals surface area contributed by atoms with Crippen LogP contribution in [0.15, 0.2) is 6.07 Å². The van der Waals surface area contributed by atoms with E-state index in [0.29, 0.717) is 0 Å². The summed E-state index contributed by atoms with van der Waals surface area (Å²) >= 11 is 0. The van der Waals surface area contributed by atoms with Gasteiger partial charge in [0.15, 0.2) is 0 Å². The lowest BCUT2D eigenvalue weighted by Gasteiger charge is -1.79. The number of H-pyrrole nitrogens is 1. The molecular formula is C10H12N2. The second kappa shape index (κ2) is 3.02. The second-order valence-corrected chi connectivity index (χ2v) is 3.39. The quantitative estimate of drug-likeness (QED) is 0.624. The molecule has 2 rings (SSSR count). The lowest BCUT2D eigenvalue weighted by Crippen LogP contribution is -1.74. The Kier molecular flexibility index (Phi) is 1.87. The van der Waals surface area contributed by atoms with Gasteiger partial charge in [-0.1, -0.05) is 5.92 Å². The highest BCUT2D eigenvalue weighted by molar-refractivity contribution is 5.28. The van der Waals surface area contributed by atoms with E-state index in [1.807, 2.05) is 13.0 Å². The zero-order chi connectivity index (χ0) is 8.39. The summed E-state index contributed by atoms with van der Waals surface area (Å²) in [5, 5.41) is 6.90. The van der Waals surface area contributed by atoms with E-state index in [1.165, 1.54) is 12.8 Å². The first kappa shape index (κ1) is 7.42. The van der Waals surface area contributed by atoms with Gasteiger partial charge < -0.3 is 0 Å². The molecule has 0 spiro atoms. The van der Waals surface area contributed by atoms with Crippen LogP contribution in [-0.2, 0) is 0 Å². The summed E-state index contributed by atoms with van der Waals surface area (Å²) in [6, 6.07) is 1.97. The summed E-state index contributed by atoms with van der Waals surface area (Å²) in [5.74, 6) is 7.08. The molecule has 1 aliphatic carbocycles. The largest absolute Gasteiger partial charge is 0.282 e. The number of hydrogen-bond acceptors (Lipinski definition) is 1. The van der Waals surface area contributed by atoms with Crippen LogP contribution in [0.2, 0.25) is 0 Å². The van der Waals surface area contributed by atoms with E-state index < -0.39 is 0 Å². The predicted octanol–water partition coefficient (Wildman–Crippen LogP) is 1.87. The molecule has 1 aromatic rings. The van der Waals surface area contributed by atoms with Crippen LogP contribution in [0.3, 0.4) is 0 Å². The van der Waals surface area contributed by atoms with E-state index in [9.17, 15) is 0 Å². The van der Waals surface area contributed by atoms with Crippen LogP contribution in [0.1, 0.15) is 30.7 Å². The van der Waals surface area contributed by atoms with Gasteiger partial charge in [-0.3, -0.25) is 5.10 Å². The summed E-state index contributed by atoms with van der Waals surface area (Å²) in [4.78, 5) is 0. The van der Waals surface area contributed by atoms with Crippen LogP contribution in [-0.4, -0.2) is 10.2 Å². The highest BCUT2D eigenvalue weighted by Crippen LogP contribution is 2.31. The predicted molar refractivity (Wildman–Crippen MR) is 47.5 cm³/mol. The van der Waals surface area contributed by atoms with Gasteiger partial charge in [-0.05, 0) is 37.7 Å². The Morgan fingerprint density at radius 1 is 1.67 bits per heavy atom. The van der Waals surface area contributed by atoms with Gasteiger partial charge in [0.25, 0.3) is 0 Å². The molecule has 1 aliphatic rings. The smallest absolute Gasteiger partial charge is 0.135 e. The van der Waals surface area contributed by atoms with Gasteiger partial charge in [0.05, 0.1) is 0 Å². The number of aryl methyl sites for hydroxylation is 1. The van der Waals surface area contributed by atoms with Crippen LogP contribution in [0, 0.1) is 24.7 Å². The van der Waals surface area contributed by atoms with Crippen molar-refractivity contribution in [2.75, 3.05) is 0 Å². The molecule has 1 N–H and O–H groups in total. The highest BCUT2D eigenvalue weighted by atomic mass is 15.1. The molecular weight excluding hydrogens is 148 g/mol. The molecule has 2 heteroatoms. The molecule has 1 fully saturated rings. The van der Waals surface area contributed by atoms with Crippen molar-refractivity contribution in [3.05, 3.63) is 17.5 Å². The zero-order valence-corrected chi connectivity index (χ0v) is 7.22. The van der Waals surface area contributed by atoms with Crippen LogP contribution >= 0.6 is 0 Å². The van der Waals surface area contributed by atoms with Crippen LogP contribution in [0.25, 0.3) is 0 Å². The van der Waals surface area contributed by atoms with Crippen LogP contribution in [0.4, 0.5) is 0 Å². The van der Waals surface area contributed by atoms with E-state index in [0.717, 1.165) is 23.7 Å². The molecule has 62 valence electrons. The maximum atomic E-state index is 4.03. The third-order valence-electron chi connectivity index (χ3n) is 2.01. The van der Waals surface area contributed by atoms with E-state index in [-0.39, 0.29) is 0 Å². The SMILES string of the molecule is Cc1cc(C#CCC2CC2)n[nH]1. The minimum atomic E-state index is 0.869. The summed E-state index contributed by atoms with van der Waals surface area (Å²) in [7, 11) is 0. The topological polar surface area (TPSA) is 28.7 Å². The molecule has 1 saturated carbocycles. The summed E-state index contributed by atoms with van der Waals surface area (Å²) < 4.78 is 0. The van der Waals surface area contributed by atoms with E-state index in [1.54, 1.807) is 0 Å². The summed E-state index contributed by atoms with van der Waals surface area (Å²) in [6.07, 6.45) is 3.79. The number of rotatable bonds is 1. The van der Waals surface area contributed by atoms with Crippen molar-refractivity contribution >= 4 is 0 Å². The second-order valence-electron chi connectivity index (χ2n) is 3.39. The Hall–Kier alpha value is -1.23. The van der Waals surface area contributed by atoms with Gasteiger partial charge >= 0.3 is 0 Å². The molecule has 2 nitrogen and oxygen atoms in total. The van der Waals surface area contributed by atoms with Crippen molar-refractivity contribution in [2.24, 2.45) is 5.92 Å². The molecule has 0 bridgehead atoms. The van der Waals surface area contributed by atoms with Crippen molar-refractivity contribution in [3.8, 4) is 11.8 Å². The lowest BCUT2D eigenvalue weighted by molar-refractivity contribution is 0.883. The molecule has 1 heterocycles. The molecule has 0 amide bonds. The fourth-order valence-corrected chi connectivity index (χ4v) is 1.09. The van der Waals surface area contributed by atoms with Gasteiger partial charge in [-0.25, -0.2) is 0 Å². The van der Waals surface area contributed by atoms with Crippen molar-refractivity contribution in [3.63, 3.8) is 0 Å². The van der Waals surface area contributed by atoms with Gasteiger partial charge in [0.1, 0.15) is 5.69 Å². The fourth-order valence-electron chi connectivity index (χ4n) is 1.09. The van der Waals surface area contributed by atoms with Gasteiger partial charge in [-0.2, -0.15) is 5.10 Å². The average Bonchev–Trinajstić information content (AvgIpc) is 2.76. The molecule has 0 unspecified atom stereocenters. The van der Waals surface area contributed by atoms with Crippen LogP contribution < -0.4 is 0 Å². The monoisotopic (exact) mass is 160 g/mol. The third kappa shape index (κ3) is 1.88. The first-order chi connectivity index (χ1) is 5.84. The third-order valence-corrected chi connectivity index (χ3v) is 2.01. The molecule has 1 aromatic heterocycles. The van der Waals surface area contributed by atoms with Gasteiger partial charge in [0, 0.05) is 12.1 Å². The first-order valence-electron chi connectivity index (χ1n) is 4.35. The normalized spacial score (nSPS) is 15.4. The van der Waals surface area contributed by atoms with Gasteiger partial charge in [0.2, 0.25) is 0 Å². The van der Waals surface area contributed by atoms with Gasteiger partial charge in [-0.15, -0.1) is 0 Å². The average molecular weight is 160 g/mol. The Labute approximate surface area is 72.4 Å². The molecule has 0 atom stereocenters. The Bertz CT molecular complexity index is 323. The number of aromatic nitrogens is 2. The number of aromatic amines is 1. The maximum absolute atomic E-state index is 4.03. The molecule has 0 radical (unpaired) electrons. The first-order valence-corrected chi connectivity index (χ1v) is 4.35. The van der Waals surface area contributed by atoms with E-state index in [2.05, 4.69) is 22.0 Å². The number of nitrogens with one attached hydrogen (secondary N) is 1. The number of hydrogen-bond donors (Lipinski definition) is 1. The number of nitrogens with zero attached hydrogens (tertiary/aromatic N) is 1. The van der Waals surface area contributed by atoms with Crippen molar-refractivity contribution in [1.82, 2.24) is 10.2 Å². The van der Waals surface area contributed by atoms with Crippen molar-refractivity contribution in [1.29, 1.82) is 0 Å². The Balaban J connectivity index is 1.94. The minimum Gasteiger partial charge on any atom is -0.282 e. The van der Waals surface area contributed by atoms with E-state index >= 15 is 0 Å². The summed E-state index contributed by atoms with van der Waals surface area (Å²) in [6.45, 7) is 1.99. The van der Waals surface area contributed by atoms with Crippen LogP contribution in [0.5, 0.6) is 0 Å². The highest BCUT2D eigenvalue weighted by Gasteiger charge is 2.19. The molecule has 0 aliphatic heterocycles. The lowest BCUT2D eigenvalue weighted by atomic mass is 10.3. The standard InChI is InChI=1S/C10H12N2/c1-8-7-10(12-11-8)4-2-3-9-5-6-9/h7,9H,3,5-6H2,1H3,(H,11,12). The maximum Gasteiger partial charge on any atom is 0.135 e. The molecule has 12 heavy (non-hydrogen) atoms. The van der Waals surface area contributed by atoms with Crippen molar-refractivity contribution < 1.29 is 0 Å².